The Bertz CT molecular complexity index is 1590. The summed E-state index contributed by atoms with van der Waals surface area (Å²) in [5.41, 5.74) is 4.93. The van der Waals surface area contributed by atoms with Gasteiger partial charge in [-0.15, -0.1) is 0 Å². The van der Waals surface area contributed by atoms with Crippen molar-refractivity contribution >= 4 is 28.5 Å². The number of rotatable bonds is 9. The van der Waals surface area contributed by atoms with Crippen molar-refractivity contribution < 1.29 is 9.53 Å². The molecule has 0 spiro atoms. The van der Waals surface area contributed by atoms with E-state index in [0.717, 1.165) is 53.6 Å². The zero-order valence-electron chi connectivity index (χ0n) is 27.6. The highest BCUT2D eigenvalue weighted by atomic mass is 16.5. The Hall–Kier alpha value is -3.56. The van der Waals surface area contributed by atoms with Crippen molar-refractivity contribution in [3.8, 4) is 0 Å². The van der Waals surface area contributed by atoms with E-state index in [1.807, 2.05) is 57.2 Å². The van der Waals surface area contributed by atoms with Crippen LogP contribution in [-0.4, -0.2) is 81.2 Å². The van der Waals surface area contributed by atoms with Gasteiger partial charge in [0.1, 0.15) is 17.1 Å². The number of imidazole rings is 1. The molecule has 2 aliphatic heterocycles. The molecular formula is C36H50N6O3. The Labute approximate surface area is 267 Å². The van der Waals surface area contributed by atoms with E-state index in [1.54, 1.807) is 0 Å². The maximum atomic E-state index is 12.9. The van der Waals surface area contributed by atoms with Crippen molar-refractivity contribution in [2.24, 2.45) is 5.92 Å². The first-order valence-corrected chi connectivity index (χ1v) is 16.7. The van der Waals surface area contributed by atoms with Gasteiger partial charge in [-0.25, -0.2) is 9.97 Å². The van der Waals surface area contributed by atoms with Crippen molar-refractivity contribution in [1.82, 2.24) is 29.3 Å². The molecule has 4 heterocycles. The van der Waals surface area contributed by atoms with Crippen LogP contribution in [0.5, 0.6) is 0 Å². The second-order valence-corrected chi connectivity index (χ2v) is 13.7. The average molecular weight is 615 g/mol. The largest absolute Gasteiger partial charge is 0.462 e. The monoisotopic (exact) mass is 614 g/mol. The van der Waals surface area contributed by atoms with Gasteiger partial charge in [0, 0.05) is 19.4 Å². The summed E-state index contributed by atoms with van der Waals surface area (Å²) in [5.74, 6) is 1.86. The van der Waals surface area contributed by atoms with Gasteiger partial charge in [0.25, 0.3) is 12.0 Å². The predicted molar refractivity (Wildman–Crippen MR) is 181 cm³/mol. The highest BCUT2D eigenvalue weighted by molar-refractivity contribution is 5.91. The fourth-order valence-electron chi connectivity index (χ4n) is 6.41. The van der Waals surface area contributed by atoms with Crippen LogP contribution in [0.4, 0.5) is 0 Å². The maximum absolute atomic E-state index is 12.9. The molecule has 2 aromatic heterocycles. The first-order chi connectivity index (χ1) is 21.7. The highest BCUT2D eigenvalue weighted by Gasteiger charge is 2.22. The fourth-order valence-corrected chi connectivity index (χ4v) is 6.41. The second-order valence-electron chi connectivity index (χ2n) is 13.7. The number of fused-ring (bicyclic) bond motifs is 2. The van der Waals surface area contributed by atoms with E-state index in [9.17, 15) is 9.59 Å². The number of nitrogens with zero attached hydrogens (tertiary/aromatic N) is 5. The average Bonchev–Trinajstić information content (AvgIpc) is 3.34. The van der Waals surface area contributed by atoms with Gasteiger partial charge in [-0.2, -0.15) is 0 Å². The standard InChI is InChI=1S/C31H40N6O.C5H10O2/c1-35-17-11-24(12-18-35)20-30-33-27-21-25-26(32-28(31(38)34-25)19-23-9-4-2-5-10-23)22-29(27)37(30)16-8-15-36-13-6-3-7-14-36;1-5(2,3)7-4-6/h2,4-5,9-10,21-22,24H,3,6-8,11-20H2,1H3,(H,34,38);4H,1-3H3. The fraction of sp³-hybridized carbons (Fsp3) is 0.556. The summed E-state index contributed by atoms with van der Waals surface area (Å²) < 4.78 is 7.01. The van der Waals surface area contributed by atoms with E-state index in [2.05, 4.69) is 37.2 Å². The number of benzene rings is 2. The maximum Gasteiger partial charge on any atom is 0.293 e. The number of hydrogen-bond acceptors (Lipinski definition) is 7. The van der Waals surface area contributed by atoms with Crippen molar-refractivity contribution in [3.05, 3.63) is 69.9 Å². The molecule has 0 aliphatic carbocycles. The van der Waals surface area contributed by atoms with Gasteiger partial charge in [-0.3, -0.25) is 9.59 Å². The quantitative estimate of drug-likeness (QED) is 0.246. The molecule has 0 saturated carbocycles. The summed E-state index contributed by atoms with van der Waals surface area (Å²) in [4.78, 5) is 40.6. The molecule has 1 N–H and O–H groups in total. The minimum atomic E-state index is -0.318. The van der Waals surface area contributed by atoms with E-state index >= 15 is 0 Å². The van der Waals surface area contributed by atoms with Crippen LogP contribution < -0.4 is 5.56 Å². The Kier molecular flexibility index (Phi) is 11.0. The van der Waals surface area contributed by atoms with E-state index in [0.29, 0.717) is 24.5 Å². The molecule has 4 aromatic rings. The van der Waals surface area contributed by atoms with Crippen LogP contribution in [0.3, 0.4) is 0 Å². The summed E-state index contributed by atoms with van der Waals surface area (Å²) in [6.07, 6.45) is 9.17. The number of aryl methyl sites for hydroxylation is 1. The number of carbonyl (C=O) groups is 1. The molecule has 2 fully saturated rings. The molecular weight excluding hydrogens is 564 g/mol. The predicted octanol–water partition coefficient (Wildman–Crippen LogP) is 5.58. The summed E-state index contributed by atoms with van der Waals surface area (Å²) in [7, 11) is 2.22. The van der Waals surface area contributed by atoms with Gasteiger partial charge in [0.2, 0.25) is 0 Å². The summed E-state index contributed by atoms with van der Waals surface area (Å²) in [6, 6.07) is 14.3. The number of hydrogen-bond donors (Lipinski definition) is 1. The summed E-state index contributed by atoms with van der Waals surface area (Å²) in [6.45, 7) is 12.8. The Morgan fingerprint density at radius 3 is 2.36 bits per heavy atom. The lowest BCUT2D eigenvalue weighted by molar-refractivity contribution is -0.138. The molecule has 2 aliphatic rings. The molecule has 9 nitrogen and oxygen atoms in total. The van der Waals surface area contributed by atoms with E-state index < -0.39 is 0 Å². The summed E-state index contributed by atoms with van der Waals surface area (Å²) in [5, 5.41) is 0. The zero-order chi connectivity index (χ0) is 31.8. The lowest BCUT2D eigenvalue weighted by Crippen LogP contribution is -2.32. The van der Waals surface area contributed by atoms with Crippen molar-refractivity contribution in [1.29, 1.82) is 0 Å². The lowest BCUT2D eigenvalue weighted by atomic mass is 9.93. The van der Waals surface area contributed by atoms with Gasteiger partial charge in [-0.05, 0) is 116 Å². The smallest absolute Gasteiger partial charge is 0.293 e. The Balaban J connectivity index is 0.000000515. The first kappa shape index (κ1) is 32.8. The minimum Gasteiger partial charge on any atom is -0.462 e. The van der Waals surface area contributed by atoms with Crippen LogP contribution in [0.15, 0.2) is 47.3 Å². The van der Waals surface area contributed by atoms with Crippen LogP contribution in [-0.2, 0) is 28.9 Å². The van der Waals surface area contributed by atoms with Crippen molar-refractivity contribution in [3.63, 3.8) is 0 Å². The number of likely N-dealkylation sites (tertiary alicyclic amines) is 2. The number of aromatic amines is 1. The molecule has 0 radical (unpaired) electrons. The van der Waals surface area contributed by atoms with Crippen molar-refractivity contribution in [2.45, 2.75) is 84.3 Å². The second kappa shape index (κ2) is 15.1. The lowest BCUT2D eigenvalue weighted by Gasteiger charge is -2.29. The van der Waals surface area contributed by atoms with Gasteiger partial charge >= 0.3 is 0 Å². The highest BCUT2D eigenvalue weighted by Crippen LogP contribution is 2.26. The van der Waals surface area contributed by atoms with Gasteiger partial charge in [-0.1, -0.05) is 36.8 Å². The van der Waals surface area contributed by atoms with Gasteiger partial charge in [0.05, 0.1) is 22.1 Å². The minimum absolute atomic E-state index is 0.117. The number of carbonyl (C=O) groups excluding carboxylic acids is 1. The summed E-state index contributed by atoms with van der Waals surface area (Å²) >= 11 is 0. The number of H-pyrrole nitrogens is 1. The van der Waals surface area contributed by atoms with Crippen LogP contribution >= 0.6 is 0 Å². The van der Waals surface area contributed by atoms with Crippen LogP contribution in [0.1, 0.15) is 76.4 Å². The Morgan fingerprint density at radius 2 is 1.69 bits per heavy atom. The van der Waals surface area contributed by atoms with Gasteiger partial charge in [0.15, 0.2) is 0 Å². The number of aromatic nitrogens is 4. The first-order valence-electron chi connectivity index (χ1n) is 16.7. The van der Waals surface area contributed by atoms with E-state index in [-0.39, 0.29) is 11.2 Å². The molecule has 242 valence electrons. The Morgan fingerprint density at radius 1 is 0.956 bits per heavy atom. The molecule has 6 rings (SSSR count). The molecule has 2 aromatic carbocycles. The van der Waals surface area contributed by atoms with E-state index in [4.69, 9.17) is 9.97 Å². The molecule has 9 heteroatoms. The van der Waals surface area contributed by atoms with Gasteiger partial charge < -0.3 is 24.1 Å². The molecule has 0 amide bonds. The van der Waals surface area contributed by atoms with Crippen LogP contribution in [0.25, 0.3) is 22.1 Å². The normalized spacial score (nSPS) is 16.9. The molecule has 0 unspecified atom stereocenters. The third-order valence-corrected chi connectivity index (χ3v) is 8.94. The number of ether oxygens (including phenoxy) is 1. The number of nitrogens with one attached hydrogen (secondary N) is 1. The molecule has 0 atom stereocenters. The topological polar surface area (TPSA) is 96.3 Å². The van der Waals surface area contributed by atoms with Crippen LogP contribution in [0.2, 0.25) is 0 Å². The van der Waals surface area contributed by atoms with Crippen molar-refractivity contribution in [2.75, 3.05) is 39.8 Å². The SMILES string of the molecule is CC(C)(C)OC=O.CN1CCC(Cc2nc3cc4[nH]c(=O)c(Cc5ccccc5)nc4cc3n2CCCN2CCCCC2)CC1. The van der Waals surface area contributed by atoms with Crippen LogP contribution in [0, 0.1) is 5.92 Å². The molecule has 2 saturated heterocycles. The third-order valence-electron chi connectivity index (χ3n) is 8.94. The number of piperidine rings is 2. The molecule has 0 bridgehead atoms. The zero-order valence-corrected chi connectivity index (χ0v) is 27.6. The molecule has 45 heavy (non-hydrogen) atoms. The van der Waals surface area contributed by atoms with E-state index in [1.165, 1.54) is 64.1 Å². The third kappa shape index (κ3) is 9.23.